The van der Waals surface area contributed by atoms with Gasteiger partial charge in [0.05, 0.1) is 17.6 Å². The Kier molecular flexibility index (Phi) is 7.74. The fourth-order valence-electron chi connectivity index (χ4n) is 3.03. The summed E-state index contributed by atoms with van der Waals surface area (Å²) in [6, 6.07) is 9.81. The molecule has 1 aromatic carbocycles. The summed E-state index contributed by atoms with van der Waals surface area (Å²) in [4.78, 5) is 18.8. The van der Waals surface area contributed by atoms with E-state index in [1.165, 1.54) is 0 Å². The van der Waals surface area contributed by atoms with E-state index < -0.39 is 0 Å². The van der Waals surface area contributed by atoms with Crippen LogP contribution in [0.2, 0.25) is 0 Å². The van der Waals surface area contributed by atoms with Crippen molar-refractivity contribution < 1.29 is 13.9 Å². The molecule has 146 valence electrons. The highest BCUT2D eigenvalue weighted by Crippen LogP contribution is 2.21. The lowest BCUT2D eigenvalue weighted by Crippen LogP contribution is -2.41. The van der Waals surface area contributed by atoms with Crippen LogP contribution in [0.1, 0.15) is 25.0 Å². The van der Waals surface area contributed by atoms with Gasteiger partial charge in [-0.2, -0.15) is 0 Å². The number of amides is 1. The molecule has 0 bridgehead atoms. The number of ether oxygens (including phenoxy) is 1. The maximum absolute atomic E-state index is 12.4. The Labute approximate surface area is 164 Å². The lowest BCUT2D eigenvalue weighted by molar-refractivity contribution is -0.130. The number of carbonyl (C=O) groups is 1. The van der Waals surface area contributed by atoms with Gasteiger partial charge in [-0.15, -0.1) is 11.8 Å². The third-order valence-corrected chi connectivity index (χ3v) is 5.50. The third kappa shape index (κ3) is 6.09. The van der Waals surface area contributed by atoms with Crippen LogP contribution in [0.4, 0.5) is 0 Å². The Morgan fingerprint density at radius 2 is 2.07 bits per heavy atom. The van der Waals surface area contributed by atoms with Crippen LogP contribution in [0.15, 0.2) is 41.0 Å². The molecule has 27 heavy (non-hydrogen) atoms. The number of aromatic nitrogens is 1. The fraction of sp³-hybridized carbons (Fsp3) is 0.500. The molecule has 0 aliphatic carbocycles. The predicted molar refractivity (Wildman–Crippen MR) is 107 cm³/mol. The van der Waals surface area contributed by atoms with E-state index in [4.69, 9.17) is 14.9 Å². The van der Waals surface area contributed by atoms with E-state index in [2.05, 4.69) is 4.98 Å². The predicted octanol–water partition coefficient (Wildman–Crippen LogP) is 2.93. The number of nitrogens with zero attached hydrogens (tertiary/aromatic N) is 2. The van der Waals surface area contributed by atoms with Crippen molar-refractivity contribution >= 4 is 17.7 Å². The number of benzene rings is 1. The summed E-state index contributed by atoms with van der Waals surface area (Å²) in [7, 11) is 0. The summed E-state index contributed by atoms with van der Waals surface area (Å²) in [5, 5.41) is 0. The van der Waals surface area contributed by atoms with Crippen molar-refractivity contribution in [3.8, 4) is 11.5 Å². The fourth-order valence-corrected chi connectivity index (χ4v) is 3.83. The molecule has 1 aliphatic heterocycles. The van der Waals surface area contributed by atoms with Crippen molar-refractivity contribution in [2.75, 3.05) is 32.0 Å². The Morgan fingerprint density at radius 1 is 1.30 bits per heavy atom. The van der Waals surface area contributed by atoms with Gasteiger partial charge in [-0.1, -0.05) is 18.2 Å². The maximum Gasteiger partial charge on any atom is 0.232 e. The first-order valence-corrected chi connectivity index (χ1v) is 10.6. The molecule has 1 aromatic heterocycles. The largest absolute Gasteiger partial charge is 0.444 e. The van der Waals surface area contributed by atoms with E-state index >= 15 is 0 Å². The second-order valence-corrected chi connectivity index (χ2v) is 7.58. The van der Waals surface area contributed by atoms with Gasteiger partial charge in [-0.25, -0.2) is 4.98 Å². The van der Waals surface area contributed by atoms with E-state index in [0.29, 0.717) is 30.5 Å². The summed E-state index contributed by atoms with van der Waals surface area (Å²) in [5.74, 6) is 1.94. The van der Waals surface area contributed by atoms with Crippen LogP contribution in [0.25, 0.3) is 11.5 Å². The highest BCUT2D eigenvalue weighted by Gasteiger charge is 2.23. The maximum atomic E-state index is 12.4. The van der Waals surface area contributed by atoms with Gasteiger partial charge in [0, 0.05) is 31.0 Å². The third-order valence-electron chi connectivity index (χ3n) is 4.54. The summed E-state index contributed by atoms with van der Waals surface area (Å²) in [5.41, 5.74) is 7.30. The summed E-state index contributed by atoms with van der Waals surface area (Å²) in [6.45, 7) is 2.92. The van der Waals surface area contributed by atoms with Crippen LogP contribution in [-0.4, -0.2) is 53.9 Å². The van der Waals surface area contributed by atoms with Gasteiger partial charge in [-0.3, -0.25) is 4.79 Å². The molecule has 0 spiro atoms. The molecule has 2 heterocycles. The van der Waals surface area contributed by atoms with Crippen molar-refractivity contribution in [3.63, 3.8) is 0 Å². The molecule has 1 saturated heterocycles. The minimum Gasteiger partial charge on any atom is -0.444 e. The second-order valence-electron chi connectivity index (χ2n) is 6.60. The Hall–Kier alpha value is -1.83. The molecule has 3 rings (SSSR count). The number of hydrogen-bond acceptors (Lipinski definition) is 6. The molecule has 2 N–H and O–H groups in total. The number of hydrogen-bond donors (Lipinski definition) is 1. The van der Waals surface area contributed by atoms with E-state index in [-0.39, 0.29) is 12.0 Å². The summed E-state index contributed by atoms with van der Waals surface area (Å²) in [6.07, 6.45) is 4.64. The Bertz CT molecular complexity index is 700. The zero-order valence-electron chi connectivity index (χ0n) is 15.5. The van der Waals surface area contributed by atoms with Crippen molar-refractivity contribution in [1.82, 2.24) is 9.88 Å². The molecular weight excluding hydrogens is 362 g/mol. The molecule has 0 unspecified atom stereocenters. The minimum atomic E-state index is 0.187. The molecule has 0 atom stereocenters. The monoisotopic (exact) mass is 389 g/mol. The first kappa shape index (κ1) is 19.9. The first-order chi connectivity index (χ1) is 13.3. The molecule has 0 saturated carbocycles. The number of oxazole rings is 1. The quantitative estimate of drug-likeness (QED) is 0.664. The van der Waals surface area contributed by atoms with Gasteiger partial charge >= 0.3 is 0 Å². The van der Waals surface area contributed by atoms with Crippen molar-refractivity contribution in [1.29, 1.82) is 0 Å². The normalized spacial score (nSPS) is 15.2. The molecule has 2 aromatic rings. The zero-order valence-corrected chi connectivity index (χ0v) is 16.3. The number of thioether (sulfide) groups is 1. The van der Waals surface area contributed by atoms with Crippen molar-refractivity contribution in [2.24, 2.45) is 5.73 Å². The van der Waals surface area contributed by atoms with Gasteiger partial charge < -0.3 is 19.8 Å². The number of nitrogens with two attached hydrogens (primary N) is 1. The second kappa shape index (κ2) is 10.5. The highest BCUT2D eigenvalue weighted by atomic mass is 32.2. The molecule has 1 fully saturated rings. The van der Waals surface area contributed by atoms with E-state index in [1.807, 2.05) is 35.2 Å². The standard InChI is InChI=1S/C20H27N3O3S/c21-9-4-12-25-18-7-10-23(11-8-18)19(24)15-27-14-17-13-26-20(22-17)16-5-2-1-3-6-16/h1-3,5-6,13,18H,4,7-12,14-15,21H2. The van der Waals surface area contributed by atoms with E-state index in [1.54, 1.807) is 18.0 Å². The van der Waals surface area contributed by atoms with Crippen LogP contribution >= 0.6 is 11.8 Å². The van der Waals surface area contributed by atoms with Crippen LogP contribution in [-0.2, 0) is 15.3 Å². The Morgan fingerprint density at radius 3 is 2.81 bits per heavy atom. The van der Waals surface area contributed by atoms with Crippen molar-refractivity contribution in [3.05, 3.63) is 42.3 Å². The highest BCUT2D eigenvalue weighted by molar-refractivity contribution is 7.99. The van der Waals surface area contributed by atoms with Gasteiger partial charge in [0.2, 0.25) is 11.8 Å². The van der Waals surface area contributed by atoms with Crippen molar-refractivity contribution in [2.45, 2.75) is 31.1 Å². The number of piperidine rings is 1. The molecule has 1 amide bonds. The van der Waals surface area contributed by atoms with Gasteiger partial charge in [0.25, 0.3) is 0 Å². The number of likely N-dealkylation sites (tertiary alicyclic amines) is 1. The molecule has 6 nitrogen and oxygen atoms in total. The first-order valence-electron chi connectivity index (χ1n) is 9.43. The molecule has 0 radical (unpaired) electrons. The SMILES string of the molecule is NCCCOC1CCN(C(=O)CSCc2coc(-c3ccccc3)n2)CC1. The lowest BCUT2D eigenvalue weighted by Gasteiger charge is -2.32. The van der Waals surface area contributed by atoms with E-state index in [0.717, 1.165) is 43.6 Å². The molecule has 7 heteroatoms. The number of rotatable bonds is 9. The Balaban J connectivity index is 1.36. The van der Waals surface area contributed by atoms with Gasteiger partial charge in [0.15, 0.2) is 0 Å². The topological polar surface area (TPSA) is 81.6 Å². The van der Waals surface area contributed by atoms with Crippen LogP contribution in [0, 0.1) is 0 Å². The smallest absolute Gasteiger partial charge is 0.232 e. The summed E-state index contributed by atoms with van der Waals surface area (Å²) < 4.78 is 11.3. The molecular formula is C20H27N3O3S. The number of carbonyl (C=O) groups excluding carboxylic acids is 1. The lowest BCUT2D eigenvalue weighted by atomic mass is 10.1. The minimum absolute atomic E-state index is 0.187. The van der Waals surface area contributed by atoms with Crippen LogP contribution < -0.4 is 5.73 Å². The van der Waals surface area contributed by atoms with E-state index in [9.17, 15) is 4.79 Å². The summed E-state index contributed by atoms with van der Waals surface area (Å²) >= 11 is 1.58. The zero-order chi connectivity index (χ0) is 18.9. The van der Waals surface area contributed by atoms with Gasteiger partial charge in [-0.05, 0) is 37.9 Å². The van der Waals surface area contributed by atoms with Crippen LogP contribution in [0.5, 0.6) is 0 Å². The molecule has 1 aliphatic rings. The average Bonchev–Trinajstić information content (AvgIpc) is 3.18. The van der Waals surface area contributed by atoms with Gasteiger partial charge in [0.1, 0.15) is 6.26 Å². The average molecular weight is 390 g/mol. The van der Waals surface area contributed by atoms with Crippen LogP contribution in [0.3, 0.4) is 0 Å².